The van der Waals surface area contributed by atoms with E-state index >= 15 is 0 Å². The topological polar surface area (TPSA) is 47.6 Å². The second-order valence-corrected chi connectivity index (χ2v) is 4.65. The van der Waals surface area contributed by atoms with E-state index in [-0.39, 0.29) is 17.4 Å². The summed E-state index contributed by atoms with van der Waals surface area (Å²) in [6.07, 6.45) is 4.67. The van der Waals surface area contributed by atoms with Crippen molar-refractivity contribution in [3.8, 4) is 0 Å². The lowest BCUT2D eigenvalue weighted by Crippen LogP contribution is -2.67. The van der Waals surface area contributed by atoms with E-state index in [0.717, 1.165) is 32.2 Å². The summed E-state index contributed by atoms with van der Waals surface area (Å²) in [5.74, 6) is -0.127. The summed E-state index contributed by atoms with van der Waals surface area (Å²) in [4.78, 5) is 11.5. The minimum absolute atomic E-state index is 0.103. The van der Waals surface area contributed by atoms with E-state index in [9.17, 15) is 4.79 Å². The molecule has 0 aromatic heterocycles. The summed E-state index contributed by atoms with van der Waals surface area (Å²) in [7, 11) is 3.20. The molecule has 0 amide bonds. The average molecular weight is 213 g/mol. The molecule has 1 saturated heterocycles. The number of carbonyl (C=O) groups is 1. The monoisotopic (exact) mass is 213 g/mol. The predicted octanol–water partition coefficient (Wildman–Crippen LogP) is 0.707. The van der Waals surface area contributed by atoms with Gasteiger partial charge in [-0.05, 0) is 19.3 Å². The van der Waals surface area contributed by atoms with Gasteiger partial charge in [0.2, 0.25) is 0 Å². The lowest BCUT2D eigenvalue weighted by molar-refractivity contribution is -0.155. The first-order chi connectivity index (χ1) is 7.22. The first-order valence-corrected chi connectivity index (χ1v) is 5.56. The number of hydrogen-bond acceptors (Lipinski definition) is 4. The second kappa shape index (κ2) is 4.10. The molecule has 15 heavy (non-hydrogen) atoms. The third-order valence-electron chi connectivity index (χ3n) is 3.88. The molecule has 86 valence electrons. The third kappa shape index (κ3) is 1.76. The summed E-state index contributed by atoms with van der Waals surface area (Å²) in [5, 5.41) is 3.17. The predicted molar refractivity (Wildman–Crippen MR) is 55.5 cm³/mol. The van der Waals surface area contributed by atoms with E-state index in [4.69, 9.17) is 9.47 Å². The standard InChI is InChI=1S/C11H19NO3/c1-14-8-4-3-5-11(6-8)7-12-9(11)10(13)15-2/h8-9,12H,3-7H2,1-2H3/t8-,9-,11-/m0/s1. The van der Waals surface area contributed by atoms with E-state index in [0.29, 0.717) is 6.10 Å². The lowest BCUT2D eigenvalue weighted by atomic mass is 9.63. The maximum atomic E-state index is 11.5. The summed E-state index contributed by atoms with van der Waals surface area (Å²) >= 11 is 0. The molecule has 4 nitrogen and oxygen atoms in total. The van der Waals surface area contributed by atoms with Crippen LogP contribution in [0, 0.1) is 5.41 Å². The van der Waals surface area contributed by atoms with Crippen LogP contribution in [-0.2, 0) is 14.3 Å². The van der Waals surface area contributed by atoms with Crippen LogP contribution in [-0.4, -0.2) is 38.9 Å². The molecule has 3 atom stereocenters. The van der Waals surface area contributed by atoms with Crippen LogP contribution in [0.3, 0.4) is 0 Å². The first kappa shape index (κ1) is 10.9. The van der Waals surface area contributed by atoms with Crippen molar-refractivity contribution in [1.82, 2.24) is 5.32 Å². The van der Waals surface area contributed by atoms with Crippen molar-refractivity contribution in [1.29, 1.82) is 0 Å². The number of rotatable bonds is 2. The Kier molecular flexibility index (Phi) is 2.98. The molecule has 0 unspecified atom stereocenters. The van der Waals surface area contributed by atoms with Crippen molar-refractivity contribution in [2.45, 2.75) is 37.8 Å². The zero-order chi connectivity index (χ0) is 10.9. The van der Waals surface area contributed by atoms with Crippen LogP contribution >= 0.6 is 0 Å². The lowest BCUT2D eigenvalue weighted by Gasteiger charge is -2.52. The second-order valence-electron chi connectivity index (χ2n) is 4.65. The number of hydrogen-bond donors (Lipinski definition) is 1. The van der Waals surface area contributed by atoms with Crippen molar-refractivity contribution in [3.63, 3.8) is 0 Å². The third-order valence-corrected chi connectivity index (χ3v) is 3.88. The molecular weight excluding hydrogens is 194 g/mol. The zero-order valence-corrected chi connectivity index (χ0v) is 9.41. The number of methoxy groups -OCH3 is 2. The van der Waals surface area contributed by atoms with Gasteiger partial charge in [-0.15, -0.1) is 0 Å². The molecule has 1 aliphatic carbocycles. The Hall–Kier alpha value is -0.610. The van der Waals surface area contributed by atoms with Crippen LogP contribution in [0.2, 0.25) is 0 Å². The van der Waals surface area contributed by atoms with Crippen LogP contribution < -0.4 is 5.32 Å². The van der Waals surface area contributed by atoms with E-state index < -0.39 is 0 Å². The van der Waals surface area contributed by atoms with Gasteiger partial charge in [-0.25, -0.2) is 0 Å². The molecule has 1 saturated carbocycles. The molecule has 4 heteroatoms. The molecule has 0 radical (unpaired) electrons. The van der Waals surface area contributed by atoms with Gasteiger partial charge < -0.3 is 14.8 Å². The highest BCUT2D eigenvalue weighted by molar-refractivity contribution is 5.78. The Morgan fingerprint density at radius 1 is 1.47 bits per heavy atom. The summed E-state index contributed by atoms with van der Waals surface area (Å²) in [6, 6.07) is -0.111. The molecule has 2 aliphatic rings. The van der Waals surface area contributed by atoms with E-state index in [1.807, 2.05) is 0 Å². The van der Waals surface area contributed by atoms with Crippen molar-refractivity contribution < 1.29 is 14.3 Å². The quantitative estimate of drug-likeness (QED) is 0.686. The molecule has 0 aromatic carbocycles. The molecule has 1 spiro atoms. The molecule has 2 fully saturated rings. The smallest absolute Gasteiger partial charge is 0.323 e. The van der Waals surface area contributed by atoms with Crippen molar-refractivity contribution >= 4 is 5.97 Å². The highest BCUT2D eigenvalue weighted by atomic mass is 16.5. The Labute approximate surface area is 90.3 Å². The van der Waals surface area contributed by atoms with Gasteiger partial charge in [0.15, 0.2) is 0 Å². The Morgan fingerprint density at radius 2 is 2.27 bits per heavy atom. The van der Waals surface area contributed by atoms with Crippen LogP contribution in [0.25, 0.3) is 0 Å². The molecule has 1 aliphatic heterocycles. The minimum atomic E-state index is -0.127. The van der Waals surface area contributed by atoms with Crippen LogP contribution in [0.4, 0.5) is 0 Å². The van der Waals surface area contributed by atoms with Crippen molar-refractivity contribution in [2.75, 3.05) is 20.8 Å². The summed E-state index contributed by atoms with van der Waals surface area (Å²) in [5.41, 5.74) is 0.103. The highest BCUT2D eigenvalue weighted by Gasteiger charge is 2.53. The zero-order valence-electron chi connectivity index (χ0n) is 9.41. The molecule has 1 heterocycles. The van der Waals surface area contributed by atoms with Gasteiger partial charge in [-0.2, -0.15) is 0 Å². The normalized spacial score (nSPS) is 39.9. The van der Waals surface area contributed by atoms with Crippen LogP contribution in [0.1, 0.15) is 25.7 Å². The molecule has 1 N–H and O–H groups in total. The maximum absolute atomic E-state index is 11.5. The van der Waals surface area contributed by atoms with Gasteiger partial charge in [0.1, 0.15) is 6.04 Å². The summed E-state index contributed by atoms with van der Waals surface area (Å²) < 4.78 is 10.2. The first-order valence-electron chi connectivity index (χ1n) is 5.56. The minimum Gasteiger partial charge on any atom is -0.468 e. The fraction of sp³-hybridized carbons (Fsp3) is 0.909. The highest BCUT2D eigenvalue weighted by Crippen LogP contribution is 2.44. The summed E-state index contributed by atoms with van der Waals surface area (Å²) in [6.45, 7) is 0.923. The van der Waals surface area contributed by atoms with Gasteiger partial charge in [-0.1, -0.05) is 6.42 Å². The van der Waals surface area contributed by atoms with Crippen LogP contribution in [0.5, 0.6) is 0 Å². The van der Waals surface area contributed by atoms with E-state index in [2.05, 4.69) is 5.32 Å². The molecular formula is C11H19NO3. The van der Waals surface area contributed by atoms with Gasteiger partial charge in [-0.3, -0.25) is 4.79 Å². The average Bonchev–Trinajstić information content (AvgIpc) is 2.27. The van der Waals surface area contributed by atoms with Crippen LogP contribution in [0.15, 0.2) is 0 Å². The van der Waals surface area contributed by atoms with Gasteiger partial charge in [0, 0.05) is 19.1 Å². The maximum Gasteiger partial charge on any atom is 0.323 e. The van der Waals surface area contributed by atoms with Crippen molar-refractivity contribution in [2.24, 2.45) is 5.41 Å². The number of carbonyl (C=O) groups excluding carboxylic acids is 1. The Morgan fingerprint density at radius 3 is 2.80 bits per heavy atom. The number of ether oxygens (including phenoxy) is 2. The fourth-order valence-electron chi connectivity index (χ4n) is 2.91. The SMILES string of the molecule is COC(=O)[C@@H]1NC[C@@]12CCC[C@H](OC)C2. The van der Waals surface area contributed by atoms with Gasteiger partial charge in [0.05, 0.1) is 13.2 Å². The van der Waals surface area contributed by atoms with E-state index in [1.165, 1.54) is 7.11 Å². The van der Waals surface area contributed by atoms with Crippen molar-refractivity contribution in [3.05, 3.63) is 0 Å². The largest absolute Gasteiger partial charge is 0.468 e. The van der Waals surface area contributed by atoms with Gasteiger partial charge in [0.25, 0.3) is 0 Å². The molecule has 0 bridgehead atoms. The fourth-order valence-corrected chi connectivity index (χ4v) is 2.91. The molecule has 2 rings (SSSR count). The molecule has 0 aromatic rings. The Bertz CT molecular complexity index is 256. The Balaban J connectivity index is 2.03. The van der Waals surface area contributed by atoms with Gasteiger partial charge >= 0.3 is 5.97 Å². The number of nitrogens with one attached hydrogen (secondary N) is 1. The number of esters is 1. The van der Waals surface area contributed by atoms with E-state index in [1.54, 1.807) is 7.11 Å².